The quantitative estimate of drug-likeness (QED) is 0.475. The van der Waals surface area contributed by atoms with Crippen molar-refractivity contribution in [1.82, 2.24) is 0 Å². The summed E-state index contributed by atoms with van der Waals surface area (Å²) in [5.41, 5.74) is 1.46. The van der Waals surface area contributed by atoms with Crippen LogP contribution in [0.5, 0.6) is 5.75 Å². The molecule has 0 bridgehead atoms. The number of non-ortho nitro benzene ring substituents is 1. The fourth-order valence-corrected chi connectivity index (χ4v) is 1.69. The lowest BCUT2D eigenvalue weighted by Crippen LogP contribution is -1.98. The number of ether oxygens (including phenoxy) is 1. The van der Waals surface area contributed by atoms with Gasteiger partial charge in [0.1, 0.15) is 12.4 Å². The van der Waals surface area contributed by atoms with Crippen LogP contribution >= 0.6 is 0 Å². The van der Waals surface area contributed by atoms with Crippen molar-refractivity contribution in [1.29, 1.82) is 0 Å². The van der Waals surface area contributed by atoms with Gasteiger partial charge in [-0.15, -0.1) is 0 Å². The minimum atomic E-state index is -0.443. The number of nitro benzene ring substituents is 1. The van der Waals surface area contributed by atoms with Crippen LogP contribution in [0.1, 0.15) is 22.8 Å². The summed E-state index contributed by atoms with van der Waals surface area (Å²) in [6.07, 6.45) is 0. The van der Waals surface area contributed by atoms with E-state index in [4.69, 9.17) is 4.74 Å². The van der Waals surface area contributed by atoms with Crippen molar-refractivity contribution >= 4 is 11.5 Å². The van der Waals surface area contributed by atoms with Crippen LogP contribution in [0.2, 0.25) is 0 Å². The van der Waals surface area contributed by atoms with Gasteiger partial charge in [-0.2, -0.15) is 0 Å². The highest BCUT2D eigenvalue weighted by atomic mass is 16.6. The molecule has 102 valence electrons. The molecule has 0 atom stereocenters. The standard InChI is InChI=1S/C15H13NO4/c1-11(17)13-3-2-4-15(9-13)20-10-12-5-7-14(8-6-12)16(18)19/h2-9H,10H2,1H3. The predicted octanol–water partition coefficient (Wildman–Crippen LogP) is 3.38. The number of carbonyl (C=O) groups is 1. The van der Waals surface area contributed by atoms with Crippen molar-refractivity contribution in [2.75, 3.05) is 0 Å². The number of Topliss-reactive ketones (excluding diaryl/α,β-unsaturated/α-hetero) is 1. The Morgan fingerprint density at radius 1 is 1.20 bits per heavy atom. The molecule has 2 aromatic rings. The molecule has 0 saturated carbocycles. The zero-order valence-electron chi connectivity index (χ0n) is 10.9. The normalized spacial score (nSPS) is 10.1. The van der Waals surface area contributed by atoms with Crippen molar-refractivity contribution in [2.24, 2.45) is 0 Å². The molecule has 5 nitrogen and oxygen atoms in total. The van der Waals surface area contributed by atoms with Crippen LogP contribution in [0.15, 0.2) is 48.5 Å². The van der Waals surface area contributed by atoms with E-state index in [2.05, 4.69) is 0 Å². The number of hydrogen-bond donors (Lipinski definition) is 0. The summed E-state index contributed by atoms with van der Waals surface area (Å²) in [6.45, 7) is 1.79. The average molecular weight is 271 g/mol. The maximum absolute atomic E-state index is 11.3. The van der Waals surface area contributed by atoms with Gasteiger partial charge in [0.2, 0.25) is 0 Å². The van der Waals surface area contributed by atoms with E-state index in [0.29, 0.717) is 17.9 Å². The van der Waals surface area contributed by atoms with Gasteiger partial charge in [-0.05, 0) is 36.8 Å². The third-order valence-corrected chi connectivity index (χ3v) is 2.79. The molecule has 0 spiro atoms. The van der Waals surface area contributed by atoms with Gasteiger partial charge in [0.25, 0.3) is 5.69 Å². The molecule has 20 heavy (non-hydrogen) atoms. The van der Waals surface area contributed by atoms with Gasteiger partial charge in [0.15, 0.2) is 5.78 Å². The van der Waals surface area contributed by atoms with Crippen LogP contribution in [0.25, 0.3) is 0 Å². The first-order valence-corrected chi connectivity index (χ1v) is 6.03. The molecule has 0 aliphatic carbocycles. The van der Waals surface area contributed by atoms with E-state index < -0.39 is 4.92 Å². The minimum absolute atomic E-state index is 0.0224. The molecule has 0 unspecified atom stereocenters. The molecule has 2 aromatic carbocycles. The predicted molar refractivity (Wildman–Crippen MR) is 73.9 cm³/mol. The first kappa shape index (κ1) is 13.7. The Labute approximate surface area is 116 Å². The number of nitro groups is 1. The topological polar surface area (TPSA) is 69.4 Å². The Hall–Kier alpha value is -2.69. The number of nitrogens with zero attached hydrogens (tertiary/aromatic N) is 1. The fraction of sp³-hybridized carbons (Fsp3) is 0.133. The smallest absolute Gasteiger partial charge is 0.269 e. The molecule has 0 aromatic heterocycles. The lowest BCUT2D eigenvalue weighted by molar-refractivity contribution is -0.384. The van der Waals surface area contributed by atoms with E-state index in [1.54, 1.807) is 36.4 Å². The average Bonchev–Trinajstić information content (AvgIpc) is 2.46. The molecule has 0 fully saturated rings. The maximum atomic E-state index is 11.3. The van der Waals surface area contributed by atoms with Crippen molar-refractivity contribution < 1.29 is 14.5 Å². The zero-order chi connectivity index (χ0) is 14.5. The molecule has 0 saturated heterocycles. The second-order valence-corrected chi connectivity index (χ2v) is 4.30. The van der Waals surface area contributed by atoms with E-state index >= 15 is 0 Å². The van der Waals surface area contributed by atoms with Gasteiger partial charge in [0.05, 0.1) is 4.92 Å². The molecule has 0 N–H and O–H groups in total. The Morgan fingerprint density at radius 3 is 2.50 bits per heavy atom. The van der Waals surface area contributed by atoms with Crippen molar-refractivity contribution in [3.8, 4) is 5.75 Å². The molecule has 2 rings (SSSR count). The third-order valence-electron chi connectivity index (χ3n) is 2.79. The highest BCUT2D eigenvalue weighted by Crippen LogP contribution is 2.17. The molecule has 0 aliphatic heterocycles. The summed E-state index contributed by atoms with van der Waals surface area (Å²) < 4.78 is 5.56. The monoisotopic (exact) mass is 271 g/mol. The molecular weight excluding hydrogens is 258 g/mol. The first-order chi connectivity index (χ1) is 9.56. The SMILES string of the molecule is CC(=O)c1cccc(OCc2ccc([N+](=O)[O-])cc2)c1. The van der Waals surface area contributed by atoms with Crippen molar-refractivity contribution in [3.63, 3.8) is 0 Å². The Morgan fingerprint density at radius 2 is 1.90 bits per heavy atom. The van der Waals surface area contributed by atoms with Crippen molar-refractivity contribution in [3.05, 3.63) is 69.8 Å². The van der Waals surface area contributed by atoms with Gasteiger partial charge in [0, 0.05) is 17.7 Å². The number of carbonyl (C=O) groups excluding carboxylic acids is 1. The number of ketones is 1. The van der Waals surface area contributed by atoms with Crippen LogP contribution < -0.4 is 4.74 Å². The summed E-state index contributed by atoms with van der Waals surface area (Å²) in [4.78, 5) is 21.3. The van der Waals surface area contributed by atoms with E-state index in [9.17, 15) is 14.9 Å². The molecule has 0 heterocycles. The van der Waals surface area contributed by atoms with E-state index in [1.807, 2.05) is 0 Å². The molecule has 0 amide bonds. The molecule has 0 radical (unpaired) electrons. The Kier molecular flexibility index (Phi) is 4.10. The third kappa shape index (κ3) is 3.41. The van der Waals surface area contributed by atoms with E-state index in [0.717, 1.165) is 5.56 Å². The first-order valence-electron chi connectivity index (χ1n) is 6.03. The van der Waals surface area contributed by atoms with Gasteiger partial charge in [-0.3, -0.25) is 14.9 Å². The summed E-state index contributed by atoms with van der Waals surface area (Å²) in [5.74, 6) is 0.571. The largest absolute Gasteiger partial charge is 0.489 e. The molecular formula is C15H13NO4. The van der Waals surface area contributed by atoms with Gasteiger partial charge >= 0.3 is 0 Å². The summed E-state index contributed by atoms with van der Waals surface area (Å²) in [6, 6.07) is 13.1. The van der Waals surface area contributed by atoms with Gasteiger partial charge in [-0.1, -0.05) is 12.1 Å². The van der Waals surface area contributed by atoms with Crippen LogP contribution in [-0.4, -0.2) is 10.7 Å². The lowest BCUT2D eigenvalue weighted by atomic mass is 10.1. The summed E-state index contributed by atoms with van der Waals surface area (Å²) >= 11 is 0. The Balaban J connectivity index is 2.03. The molecule has 0 aliphatic rings. The number of rotatable bonds is 5. The summed E-state index contributed by atoms with van der Waals surface area (Å²) in [5, 5.41) is 10.5. The van der Waals surface area contributed by atoms with Crippen LogP contribution in [0.3, 0.4) is 0 Å². The summed E-state index contributed by atoms with van der Waals surface area (Å²) in [7, 11) is 0. The number of hydrogen-bond acceptors (Lipinski definition) is 4. The molecule has 5 heteroatoms. The Bertz CT molecular complexity index is 635. The number of benzene rings is 2. The fourth-order valence-electron chi connectivity index (χ4n) is 1.69. The second kappa shape index (κ2) is 5.97. The van der Waals surface area contributed by atoms with Gasteiger partial charge in [-0.25, -0.2) is 0 Å². The van der Waals surface area contributed by atoms with Crippen molar-refractivity contribution in [2.45, 2.75) is 13.5 Å². The van der Waals surface area contributed by atoms with Crippen LogP contribution in [0.4, 0.5) is 5.69 Å². The minimum Gasteiger partial charge on any atom is -0.489 e. The van der Waals surface area contributed by atoms with E-state index in [1.165, 1.54) is 19.1 Å². The van der Waals surface area contributed by atoms with E-state index in [-0.39, 0.29) is 11.5 Å². The lowest BCUT2D eigenvalue weighted by Gasteiger charge is -2.07. The maximum Gasteiger partial charge on any atom is 0.269 e. The van der Waals surface area contributed by atoms with Crippen LogP contribution in [0, 0.1) is 10.1 Å². The highest BCUT2D eigenvalue weighted by Gasteiger charge is 2.05. The zero-order valence-corrected chi connectivity index (χ0v) is 10.9. The van der Waals surface area contributed by atoms with Gasteiger partial charge < -0.3 is 4.74 Å². The highest BCUT2D eigenvalue weighted by molar-refractivity contribution is 5.94. The van der Waals surface area contributed by atoms with Crippen LogP contribution in [-0.2, 0) is 6.61 Å². The second-order valence-electron chi connectivity index (χ2n) is 4.30.